The molecule has 102 valence electrons. The van der Waals surface area contributed by atoms with Gasteiger partial charge in [-0.1, -0.05) is 35.9 Å². The molecule has 1 aliphatic carbocycles. The minimum atomic E-state index is 0.457. The average Bonchev–Trinajstić information content (AvgIpc) is 2.89. The van der Waals surface area contributed by atoms with Gasteiger partial charge in [0, 0.05) is 5.69 Å². The molecular weight excluding hydrogens is 242 g/mol. The second-order valence-corrected chi connectivity index (χ2v) is 6.30. The van der Waals surface area contributed by atoms with Crippen LogP contribution in [0.4, 0.5) is 5.69 Å². The summed E-state index contributed by atoms with van der Waals surface area (Å²) in [5.41, 5.74) is 8.76. The molecule has 1 N–H and O–H groups in total. The number of rotatable bonds is 1. The van der Waals surface area contributed by atoms with Gasteiger partial charge in [0.15, 0.2) is 0 Å². The van der Waals surface area contributed by atoms with Gasteiger partial charge in [0.2, 0.25) is 0 Å². The molecule has 2 aliphatic rings. The predicted octanol–water partition coefficient (Wildman–Crippen LogP) is 4.58. The van der Waals surface area contributed by atoms with E-state index in [-0.39, 0.29) is 0 Å². The van der Waals surface area contributed by atoms with E-state index in [0.717, 1.165) is 6.42 Å². The van der Waals surface area contributed by atoms with E-state index < -0.39 is 0 Å². The Bertz CT molecular complexity index is 657. The molecule has 0 saturated carbocycles. The van der Waals surface area contributed by atoms with Crippen LogP contribution in [0.2, 0.25) is 0 Å². The molecule has 2 aromatic rings. The predicted molar refractivity (Wildman–Crippen MR) is 84.3 cm³/mol. The van der Waals surface area contributed by atoms with E-state index in [1.54, 1.807) is 11.1 Å². The highest BCUT2D eigenvalue weighted by atomic mass is 14.9. The van der Waals surface area contributed by atoms with Crippen LogP contribution in [-0.4, -0.2) is 0 Å². The molecule has 1 unspecified atom stereocenters. The standard InChI is InChI=1S/C19H21N/c1-13-6-9-18-17(10-13)12-19(20-18)16-8-7-14-4-2-3-5-15(14)11-16/h6-11,19-20H,2-5,12H2,1H3. The van der Waals surface area contributed by atoms with Crippen LogP contribution in [0, 0.1) is 6.92 Å². The summed E-state index contributed by atoms with van der Waals surface area (Å²) in [6, 6.07) is 14.3. The molecule has 1 heteroatoms. The Balaban J connectivity index is 1.64. The van der Waals surface area contributed by atoms with Crippen LogP contribution in [0.1, 0.15) is 46.7 Å². The van der Waals surface area contributed by atoms with Crippen molar-refractivity contribution in [3.05, 3.63) is 64.2 Å². The van der Waals surface area contributed by atoms with Crippen LogP contribution in [-0.2, 0) is 19.3 Å². The topological polar surface area (TPSA) is 12.0 Å². The molecule has 0 saturated heterocycles. The number of hydrogen-bond donors (Lipinski definition) is 1. The molecule has 20 heavy (non-hydrogen) atoms. The monoisotopic (exact) mass is 263 g/mol. The summed E-state index contributed by atoms with van der Waals surface area (Å²) in [4.78, 5) is 0. The van der Waals surface area contributed by atoms with E-state index >= 15 is 0 Å². The van der Waals surface area contributed by atoms with Crippen molar-refractivity contribution < 1.29 is 0 Å². The van der Waals surface area contributed by atoms with Gasteiger partial charge < -0.3 is 5.32 Å². The minimum absolute atomic E-state index is 0.457. The second kappa shape index (κ2) is 4.66. The number of aryl methyl sites for hydroxylation is 3. The molecule has 0 radical (unpaired) electrons. The Morgan fingerprint density at radius 2 is 1.75 bits per heavy atom. The summed E-state index contributed by atoms with van der Waals surface area (Å²) in [5.74, 6) is 0. The van der Waals surface area contributed by atoms with Crippen molar-refractivity contribution in [2.24, 2.45) is 0 Å². The van der Waals surface area contributed by atoms with Crippen molar-refractivity contribution in [3.8, 4) is 0 Å². The van der Waals surface area contributed by atoms with E-state index in [4.69, 9.17) is 0 Å². The normalized spacial score (nSPS) is 20.1. The molecule has 0 spiro atoms. The van der Waals surface area contributed by atoms with Crippen LogP contribution < -0.4 is 5.32 Å². The first kappa shape index (κ1) is 12.0. The quantitative estimate of drug-likeness (QED) is 0.794. The van der Waals surface area contributed by atoms with Gasteiger partial charge in [0.25, 0.3) is 0 Å². The fraction of sp³-hybridized carbons (Fsp3) is 0.368. The average molecular weight is 263 g/mol. The number of anilines is 1. The highest BCUT2D eigenvalue weighted by molar-refractivity contribution is 5.59. The van der Waals surface area contributed by atoms with Gasteiger partial charge in [-0.2, -0.15) is 0 Å². The fourth-order valence-corrected chi connectivity index (χ4v) is 3.66. The first-order chi connectivity index (χ1) is 9.79. The highest BCUT2D eigenvalue weighted by Gasteiger charge is 2.22. The third kappa shape index (κ3) is 2.02. The Morgan fingerprint density at radius 1 is 0.900 bits per heavy atom. The van der Waals surface area contributed by atoms with Gasteiger partial charge in [0.05, 0.1) is 6.04 Å². The summed E-state index contributed by atoms with van der Waals surface area (Å²) < 4.78 is 0. The Kier molecular flexibility index (Phi) is 2.80. The lowest BCUT2D eigenvalue weighted by Crippen LogP contribution is -2.09. The zero-order valence-electron chi connectivity index (χ0n) is 12.1. The molecule has 1 nitrogen and oxygen atoms in total. The minimum Gasteiger partial charge on any atom is -0.378 e. The summed E-state index contributed by atoms with van der Waals surface area (Å²) in [6.45, 7) is 2.17. The Morgan fingerprint density at radius 3 is 2.65 bits per heavy atom. The van der Waals surface area contributed by atoms with E-state index in [0.29, 0.717) is 6.04 Å². The zero-order valence-corrected chi connectivity index (χ0v) is 12.1. The van der Waals surface area contributed by atoms with Crippen molar-refractivity contribution in [1.29, 1.82) is 0 Å². The molecule has 1 atom stereocenters. The maximum atomic E-state index is 3.68. The van der Waals surface area contributed by atoms with Gasteiger partial charge in [-0.15, -0.1) is 0 Å². The third-order valence-corrected chi connectivity index (χ3v) is 4.79. The zero-order chi connectivity index (χ0) is 13.5. The van der Waals surface area contributed by atoms with Crippen molar-refractivity contribution in [3.63, 3.8) is 0 Å². The van der Waals surface area contributed by atoms with E-state index in [1.165, 1.54) is 48.1 Å². The summed E-state index contributed by atoms with van der Waals surface area (Å²) in [6.07, 6.45) is 6.37. The number of benzene rings is 2. The number of fused-ring (bicyclic) bond motifs is 2. The highest BCUT2D eigenvalue weighted by Crippen LogP contribution is 2.35. The van der Waals surface area contributed by atoms with Crippen molar-refractivity contribution >= 4 is 5.69 Å². The van der Waals surface area contributed by atoms with Crippen LogP contribution in [0.3, 0.4) is 0 Å². The molecule has 1 heterocycles. The largest absolute Gasteiger partial charge is 0.378 e. The lowest BCUT2D eigenvalue weighted by molar-refractivity contribution is 0.682. The first-order valence-electron chi connectivity index (χ1n) is 7.77. The third-order valence-electron chi connectivity index (χ3n) is 4.79. The maximum absolute atomic E-state index is 3.68. The van der Waals surface area contributed by atoms with Crippen molar-refractivity contribution in [2.45, 2.75) is 45.1 Å². The molecule has 4 rings (SSSR count). The smallest absolute Gasteiger partial charge is 0.0555 e. The lowest BCUT2D eigenvalue weighted by atomic mass is 9.89. The number of hydrogen-bond acceptors (Lipinski definition) is 1. The van der Waals surface area contributed by atoms with Gasteiger partial charge in [-0.05, 0) is 67.3 Å². The molecule has 0 aromatic heterocycles. The van der Waals surface area contributed by atoms with Gasteiger partial charge in [-0.25, -0.2) is 0 Å². The second-order valence-electron chi connectivity index (χ2n) is 6.30. The van der Waals surface area contributed by atoms with Crippen molar-refractivity contribution in [1.82, 2.24) is 0 Å². The SMILES string of the molecule is Cc1ccc2c(c1)CC(c1ccc3c(c1)CCCC3)N2. The molecule has 2 aromatic carbocycles. The van der Waals surface area contributed by atoms with E-state index in [2.05, 4.69) is 48.6 Å². The molecule has 0 bridgehead atoms. The molecular formula is C19H21N. The van der Waals surface area contributed by atoms with E-state index in [9.17, 15) is 0 Å². The van der Waals surface area contributed by atoms with Gasteiger partial charge in [-0.3, -0.25) is 0 Å². The maximum Gasteiger partial charge on any atom is 0.0555 e. The fourth-order valence-electron chi connectivity index (χ4n) is 3.66. The summed E-state index contributed by atoms with van der Waals surface area (Å²) in [5, 5.41) is 3.68. The van der Waals surface area contributed by atoms with Crippen LogP contribution >= 0.6 is 0 Å². The Labute approximate surface area is 121 Å². The van der Waals surface area contributed by atoms with Crippen molar-refractivity contribution in [2.75, 3.05) is 5.32 Å². The Hall–Kier alpha value is -1.76. The van der Waals surface area contributed by atoms with Crippen LogP contribution in [0.5, 0.6) is 0 Å². The lowest BCUT2D eigenvalue weighted by Gasteiger charge is -2.19. The van der Waals surface area contributed by atoms with Gasteiger partial charge in [0.1, 0.15) is 0 Å². The summed E-state index contributed by atoms with van der Waals surface area (Å²) >= 11 is 0. The molecule has 1 aliphatic heterocycles. The molecule has 0 fully saturated rings. The van der Waals surface area contributed by atoms with Gasteiger partial charge >= 0.3 is 0 Å². The molecule has 0 amide bonds. The number of nitrogens with one attached hydrogen (secondary N) is 1. The van der Waals surface area contributed by atoms with Crippen LogP contribution in [0.25, 0.3) is 0 Å². The van der Waals surface area contributed by atoms with E-state index in [1.807, 2.05) is 0 Å². The first-order valence-corrected chi connectivity index (χ1v) is 7.77. The summed E-state index contributed by atoms with van der Waals surface area (Å²) in [7, 11) is 0. The van der Waals surface area contributed by atoms with Crippen LogP contribution in [0.15, 0.2) is 36.4 Å².